The zero-order chi connectivity index (χ0) is 15.5. The van der Waals surface area contributed by atoms with Crippen molar-refractivity contribution in [2.75, 3.05) is 6.54 Å². The van der Waals surface area contributed by atoms with E-state index in [0.29, 0.717) is 0 Å². The number of aliphatic hydroxyl groups excluding tert-OH is 1. The van der Waals surface area contributed by atoms with Crippen LogP contribution in [-0.2, 0) is 9.53 Å². The molecule has 0 aromatic heterocycles. The van der Waals surface area contributed by atoms with E-state index in [0.717, 1.165) is 6.42 Å². The summed E-state index contributed by atoms with van der Waals surface area (Å²) in [5, 5.41) is 12.6. The molecule has 6 heteroatoms. The van der Waals surface area contributed by atoms with Gasteiger partial charge in [-0.25, -0.2) is 4.79 Å². The summed E-state index contributed by atoms with van der Waals surface area (Å²) >= 11 is 0. The molecule has 3 atom stereocenters. The van der Waals surface area contributed by atoms with Gasteiger partial charge in [0.05, 0.1) is 12.6 Å². The standard InChI is InChI=1S/C14H26N2O4/c1-6-9(2)15-12(18)11-7-10(17)8-16(11)13(19)20-14(3,4)5/h9-11,17H,6-8H2,1-5H3,(H,15,18). The zero-order valence-corrected chi connectivity index (χ0v) is 13.0. The van der Waals surface area contributed by atoms with Crippen LogP contribution in [-0.4, -0.2) is 52.3 Å². The van der Waals surface area contributed by atoms with Crippen molar-refractivity contribution < 1.29 is 19.4 Å². The molecular formula is C14H26N2O4. The number of β-amino-alcohol motifs (C(OH)–C–C–N with tert-alkyl or cyclic N) is 1. The summed E-state index contributed by atoms with van der Waals surface area (Å²) in [6.45, 7) is 9.32. The van der Waals surface area contributed by atoms with E-state index in [1.165, 1.54) is 4.90 Å². The average Bonchev–Trinajstić information content (AvgIpc) is 2.69. The Labute approximate surface area is 120 Å². The maximum Gasteiger partial charge on any atom is 0.411 e. The maximum atomic E-state index is 12.2. The van der Waals surface area contributed by atoms with Crippen molar-refractivity contribution in [3.63, 3.8) is 0 Å². The number of hydrogen-bond donors (Lipinski definition) is 2. The van der Waals surface area contributed by atoms with Crippen LogP contribution < -0.4 is 5.32 Å². The fourth-order valence-electron chi connectivity index (χ4n) is 2.03. The third-order valence-corrected chi connectivity index (χ3v) is 3.21. The lowest BCUT2D eigenvalue weighted by Crippen LogP contribution is -2.49. The second kappa shape index (κ2) is 6.43. The largest absolute Gasteiger partial charge is 0.444 e. The lowest BCUT2D eigenvalue weighted by Gasteiger charge is -2.28. The lowest BCUT2D eigenvalue weighted by molar-refractivity contribution is -0.126. The highest BCUT2D eigenvalue weighted by molar-refractivity contribution is 5.86. The van der Waals surface area contributed by atoms with Gasteiger partial charge >= 0.3 is 6.09 Å². The Hall–Kier alpha value is -1.30. The Kier molecular flexibility index (Phi) is 5.39. The van der Waals surface area contributed by atoms with Crippen LogP contribution in [0, 0.1) is 0 Å². The number of amides is 2. The van der Waals surface area contributed by atoms with Gasteiger partial charge in [0.1, 0.15) is 11.6 Å². The van der Waals surface area contributed by atoms with E-state index in [2.05, 4.69) is 5.32 Å². The van der Waals surface area contributed by atoms with E-state index < -0.39 is 23.8 Å². The van der Waals surface area contributed by atoms with Gasteiger partial charge in [-0.1, -0.05) is 6.92 Å². The van der Waals surface area contributed by atoms with Crippen molar-refractivity contribution in [3.05, 3.63) is 0 Å². The molecule has 0 aromatic rings. The van der Waals surface area contributed by atoms with Gasteiger partial charge in [-0.05, 0) is 34.1 Å². The van der Waals surface area contributed by atoms with Crippen molar-refractivity contribution in [3.8, 4) is 0 Å². The molecule has 1 heterocycles. The Morgan fingerprint density at radius 1 is 1.45 bits per heavy atom. The minimum absolute atomic E-state index is 0.0423. The van der Waals surface area contributed by atoms with E-state index in [1.54, 1.807) is 20.8 Å². The first-order valence-corrected chi connectivity index (χ1v) is 7.12. The number of aliphatic hydroxyl groups is 1. The van der Waals surface area contributed by atoms with Gasteiger partial charge in [0.2, 0.25) is 5.91 Å². The minimum atomic E-state index is -0.685. The third kappa shape index (κ3) is 4.67. The predicted octanol–water partition coefficient (Wildman–Crippen LogP) is 1.27. The highest BCUT2D eigenvalue weighted by atomic mass is 16.6. The number of carbonyl (C=O) groups is 2. The molecule has 1 fully saturated rings. The van der Waals surface area contributed by atoms with Gasteiger partial charge in [-0.3, -0.25) is 9.69 Å². The zero-order valence-electron chi connectivity index (χ0n) is 13.0. The first-order chi connectivity index (χ1) is 9.14. The van der Waals surface area contributed by atoms with Crippen molar-refractivity contribution in [1.82, 2.24) is 10.2 Å². The number of nitrogens with zero attached hydrogens (tertiary/aromatic N) is 1. The number of likely N-dealkylation sites (tertiary alicyclic amines) is 1. The quantitative estimate of drug-likeness (QED) is 0.819. The molecule has 1 aliphatic heterocycles. The summed E-state index contributed by atoms with van der Waals surface area (Å²) in [7, 11) is 0. The average molecular weight is 286 g/mol. The molecule has 1 rings (SSSR count). The highest BCUT2D eigenvalue weighted by Crippen LogP contribution is 2.21. The molecule has 2 N–H and O–H groups in total. The Morgan fingerprint density at radius 3 is 2.55 bits per heavy atom. The number of rotatable bonds is 3. The van der Waals surface area contributed by atoms with E-state index in [1.807, 2.05) is 13.8 Å². The molecule has 0 aliphatic carbocycles. The van der Waals surface area contributed by atoms with Crippen LogP contribution in [0.25, 0.3) is 0 Å². The van der Waals surface area contributed by atoms with Gasteiger partial charge in [0, 0.05) is 12.5 Å². The summed E-state index contributed by atoms with van der Waals surface area (Å²) < 4.78 is 5.28. The Bertz CT molecular complexity index is 365. The third-order valence-electron chi connectivity index (χ3n) is 3.21. The smallest absolute Gasteiger partial charge is 0.411 e. The topological polar surface area (TPSA) is 78.9 Å². The number of hydrogen-bond acceptors (Lipinski definition) is 4. The molecule has 0 aromatic carbocycles. The van der Waals surface area contributed by atoms with Gasteiger partial charge < -0.3 is 15.2 Å². The second-order valence-corrected chi connectivity index (χ2v) is 6.36. The summed E-state index contributed by atoms with van der Waals surface area (Å²) in [5.74, 6) is -0.234. The summed E-state index contributed by atoms with van der Waals surface area (Å²) in [4.78, 5) is 25.6. The van der Waals surface area contributed by atoms with Gasteiger partial charge in [0.25, 0.3) is 0 Å². The SMILES string of the molecule is CCC(C)NC(=O)C1CC(O)CN1C(=O)OC(C)(C)C. The van der Waals surface area contributed by atoms with Crippen LogP contribution in [0.15, 0.2) is 0 Å². The Morgan fingerprint density at radius 2 is 2.05 bits per heavy atom. The van der Waals surface area contributed by atoms with Crippen LogP contribution in [0.4, 0.5) is 4.79 Å². The molecular weight excluding hydrogens is 260 g/mol. The molecule has 2 amide bonds. The number of carbonyl (C=O) groups excluding carboxylic acids is 2. The summed E-state index contributed by atoms with van der Waals surface area (Å²) in [6.07, 6.45) is -0.178. The fraction of sp³-hybridized carbons (Fsp3) is 0.857. The van der Waals surface area contributed by atoms with Crippen LogP contribution in [0.2, 0.25) is 0 Å². The lowest BCUT2D eigenvalue weighted by atomic mass is 10.1. The first kappa shape index (κ1) is 16.8. The second-order valence-electron chi connectivity index (χ2n) is 6.36. The van der Waals surface area contributed by atoms with E-state index in [-0.39, 0.29) is 24.9 Å². The molecule has 0 saturated carbocycles. The highest BCUT2D eigenvalue weighted by Gasteiger charge is 2.40. The first-order valence-electron chi connectivity index (χ1n) is 7.12. The molecule has 0 radical (unpaired) electrons. The Balaban J connectivity index is 2.73. The number of ether oxygens (including phenoxy) is 1. The summed E-state index contributed by atoms with van der Waals surface area (Å²) in [5.41, 5.74) is -0.623. The molecule has 0 spiro atoms. The van der Waals surface area contributed by atoms with Crippen LogP contribution >= 0.6 is 0 Å². The fourth-order valence-corrected chi connectivity index (χ4v) is 2.03. The van der Waals surface area contributed by atoms with Crippen LogP contribution in [0.3, 0.4) is 0 Å². The van der Waals surface area contributed by atoms with E-state index >= 15 is 0 Å². The molecule has 20 heavy (non-hydrogen) atoms. The monoisotopic (exact) mass is 286 g/mol. The van der Waals surface area contributed by atoms with Crippen LogP contribution in [0.1, 0.15) is 47.5 Å². The molecule has 116 valence electrons. The van der Waals surface area contributed by atoms with E-state index in [4.69, 9.17) is 4.74 Å². The van der Waals surface area contributed by atoms with Crippen molar-refractivity contribution in [1.29, 1.82) is 0 Å². The van der Waals surface area contributed by atoms with Crippen molar-refractivity contribution in [2.45, 2.75) is 71.2 Å². The minimum Gasteiger partial charge on any atom is -0.444 e. The van der Waals surface area contributed by atoms with Crippen molar-refractivity contribution >= 4 is 12.0 Å². The molecule has 0 bridgehead atoms. The molecule has 6 nitrogen and oxygen atoms in total. The van der Waals surface area contributed by atoms with Crippen LogP contribution in [0.5, 0.6) is 0 Å². The molecule has 1 aliphatic rings. The van der Waals surface area contributed by atoms with Gasteiger partial charge in [-0.15, -0.1) is 0 Å². The van der Waals surface area contributed by atoms with Gasteiger partial charge in [-0.2, -0.15) is 0 Å². The maximum absolute atomic E-state index is 12.2. The van der Waals surface area contributed by atoms with E-state index in [9.17, 15) is 14.7 Å². The predicted molar refractivity (Wildman–Crippen MR) is 75.2 cm³/mol. The van der Waals surface area contributed by atoms with Gasteiger partial charge in [0.15, 0.2) is 0 Å². The number of nitrogens with one attached hydrogen (secondary N) is 1. The summed E-state index contributed by atoms with van der Waals surface area (Å²) in [6, 6.07) is -0.616. The normalized spacial score (nSPS) is 24.4. The van der Waals surface area contributed by atoms with Crippen molar-refractivity contribution in [2.24, 2.45) is 0 Å². The molecule has 1 saturated heterocycles. The molecule has 3 unspecified atom stereocenters.